The SMILES string of the molecule is Cc1oc(CN)cc1S(=O)(=O)N1CC2CCC1C2. The van der Waals surface area contributed by atoms with E-state index in [4.69, 9.17) is 10.2 Å². The molecule has 6 heteroatoms. The summed E-state index contributed by atoms with van der Waals surface area (Å²) in [5.41, 5.74) is 5.49. The molecule has 0 amide bonds. The molecular weight excluding hydrogens is 252 g/mol. The number of piperidine rings is 1. The van der Waals surface area contributed by atoms with Crippen LogP contribution in [-0.2, 0) is 16.6 Å². The maximum atomic E-state index is 12.6. The fourth-order valence-electron chi connectivity index (χ4n) is 3.18. The second kappa shape index (κ2) is 4.08. The Kier molecular flexibility index (Phi) is 2.76. The highest BCUT2D eigenvalue weighted by Gasteiger charge is 2.45. The summed E-state index contributed by atoms with van der Waals surface area (Å²) in [6.45, 7) is 2.57. The van der Waals surface area contributed by atoms with Crippen LogP contribution in [0.25, 0.3) is 0 Å². The molecule has 2 fully saturated rings. The van der Waals surface area contributed by atoms with Crippen molar-refractivity contribution in [3.05, 3.63) is 17.6 Å². The predicted molar refractivity (Wildman–Crippen MR) is 66.4 cm³/mol. The summed E-state index contributed by atoms with van der Waals surface area (Å²) in [6, 6.07) is 1.76. The lowest BCUT2D eigenvalue weighted by molar-refractivity contribution is 0.332. The highest BCUT2D eigenvalue weighted by molar-refractivity contribution is 7.89. The number of furan rings is 1. The smallest absolute Gasteiger partial charge is 0.246 e. The Morgan fingerprint density at radius 3 is 2.78 bits per heavy atom. The molecule has 1 aliphatic heterocycles. The average Bonchev–Trinajstić information content (AvgIpc) is 3.02. The molecular formula is C12H18N2O3S. The molecule has 1 saturated carbocycles. The van der Waals surface area contributed by atoms with Crippen molar-refractivity contribution in [3.8, 4) is 0 Å². The van der Waals surface area contributed by atoms with Gasteiger partial charge in [0.1, 0.15) is 16.4 Å². The predicted octanol–water partition coefficient (Wildman–Crippen LogP) is 1.22. The standard InChI is InChI=1S/C12H18N2O3S/c1-8-12(5-11(6-13)17-8)18(15,16)14-7-9-2-3-10(14)4-9/h5,9-10H,2-4,6-7,13H2,1H3. The summed E-state index contributed by atoms with van der Waals surface area (Å²) in [5, 5.41) is 0. The second-order valence-electron chi connectivity index (χ2n) is 5.24. The summed E-state index contributed by atoms with van der Waals surface area (Å²) < 4.78 is 32.2. The van der Waals surface area contributed by atoms with Crippen molar-refractivity contribution in [1.82, 2.24) is 4.31 Å². The molecule has 2 bridgehead atoms. The molecule has 0 radical (unpaired) electrons. The molecule has 2 atom stereocenters. The minimum Gasteiger partial charge on any atom is -0.464 e. The molecule has 0 aromatic carbocycles. The molecule has 1 aromatic rings. The number of sulfonamides is 1. The zero-order chi connectivity index (χ0) is 12.9. The van der Waals surface area contributed by atoms with Crippen LogP contribution in [0.5, 0.6) is 0 Å². The number of hydrogen-bond acceptors (Lipinski definition) is 4. The van der Waals surface area contributed by atoms with Gasteiger partial charge >= 0.3 is 0 Å². The maximum Gasteiger partial charge on any atom is 0.246 e. The highest BCUT2D eigenvalue weighted by atomic mass is 32.2. The fourth-order valence-corrected chi connectivity index (χ4v) is 5.11. The molecule has 5 nitrogen and oxygen atoms in total. The number of aryl methyl sites for hydroxylation is 1. The first kappa shape index (κ1) is 12.2. The molecule has 100 valence electrons. The van der Waals surface area contributed by atoms with Crippen LogP contribution in [0.4, 0.5) is 0 Å². The van der Waals surface area contributed by atoms with Crippen molar-refractivity contribution in [2.45, 2.75) is 43.7 Å². The average molecular weight is 270 g/mol. The van der Waals surface area contributed by atoms with E-state index in [0.717, 1.165) is 19.3 Å². The number of nitrogens with two attached hydrogens (primary N) is 1. The van der Waals surface area contributed by atoms with Gasteiger partial charge in [-0.05, 0) is 32.1 Å². The molecule has 3 rings (SSSR count). The molecule has 18 heavy (non-hydrogen) atoms. The quantitative estimate of drug-likeness (QED) is 0.896. The van der Waals surface area contributed by atoms with Gasteiger partial charge in [-0.25, -0.2) is 8.42 Å². The summed E-state index contributed by atoms with van der Waals surface area (Å²) in [5.74, 6) is 1.51. The van der Waals surface area contributed by atoms with E-state index in [1.807, 2.05) is 0 Å². The van der Waals surface area contributed by atoms with Crippen molar-refractivity contribution < 1.29 is 12.8 Å². The third-order valence-corrected chi connectivity index (χ3v) is 6.10. The number of hydrogen-bond donors (Lipinski definition) is 1. The van der Waals surface area contributed by atoms with Gasteiger partial charge < -0.3 is 10.2 Å². The zero-order valence-corrected chi connectivity index (χ0v) is 11.2. The van der Waals surface area contributed by atoms with Gasteiger partial charge in [-0.15, -0.1) is 0 Å². The Morgan fingerprint density at radius 1 is 1.50 bits per heavy atom. The van der Waals surface area contributed by atoms with Crippen LogP contribution in [0.3, 0.4) is 0 Å². The third-order valence-electron chi connectivity index (χ3n) is 4.07. The van der Waals surface area contributed by atoms with Crippen LogP contribution in [0.2, 0.25) is 0 Å². The van der Waals surface area contributed by atoms with Gasteiger partial charge in [-0.3, -0.25) is 0 Å². The first-order valence-electron chi connectivity index (χ1n) is 6.33. The lowest BCUT2D eigenvalue weighted by atomic mass is 10.1. The van der Waals surface area contributed by atoms with Gasteiger partial charge in [0.15, 0.2) is 0 Å². The second-order valence-corrected chi connectivity index (χ2v) is 7.10. The van der Waals surface area contributed by atoms with Gasteiger partial charge in [0.05, 0.1) is 6.54 Å². The minimum atomic E-state index is -3.41. The molecule has 2 N–H and O–H groups in total. The van der Waals surface area contributed by atoms with Crippen molar-refractivity contribution >= 4 is 10.0 Å². The molecule has 1 aliphatic carbocycles. The van der Waals surface area contributed by atoms with Crippen LogP contribution in [0.15, 0.2) is 15.4 Å². The van der Waals surface area contributed by atoms with Crippen LogP contribution in [0, 0.1) is 12.8 Å². The topological polar surface area (TPSA) is 76.5 Å². The Hall–Kier alpha value is -0.850. The first-order valence-corrected chi connectivity index (χ1v) is 7.77. The van der Waals surface area contributed by atoms with Crippen LogP contribution in [-0.4, -0.2) is 25.3 Å². The Labute approximate surface area is 107 Å². The van der Waals surface area contributed by atoms with E-state index in [9.17, 15) is 8.42 Å². The molecule has 2 unspecified atom stereocenters. The van der Waals surface area contributed by atoms with Gasteiger partial charge in [-0.1, -0.05) is 0 Å². The molecule has 1 saturated heterocycles. The minimum absolute atomic E-state index is 0.190. The summed E-state index contributed by atoms with van der Waals surface area (Å²) in [7, 11) is -3.41. The number of rotatable bonds is 3. The Morgan fingerprint density at radius 2 is 2.28 bits per heavy atom. The lowest BCUT2D eigenvalue weighted by Crippen LogP contribution is -2.37. The number of nitrogens with zero attached hydrogens (tertiary/aromatic N) is 1. The normalized spacial score (nSPS) is 28.1. The van der Waals surface area contributed by atoms with E-state index in [0.29, 0.717) is 24.0 Å². The van der Waals surface area contributed by atoms with Crippen LogP contribution < -0.4 is 5.73 Å². The lowest BCUT2D eigenvalue weighted by Gasteiger charge is -2.25. The van der Waals surface area contributed by atoms with Gasteiger partial charge in [0.25, 0.3) is 0 Å². The monoisotopic (exact) mass is 270 g/mol. The van der Waals surface area contributed by atoms with E-state index in [1.54, 1.807) is 17.3 Å². The van der Waals surface area contributed by atoms with E-state index in [-0.39, 0.29) is 17.5 Å². The number of fused-ring (bicyclic) bond motifs is 2. The van der Waals surface area contributed by atoms with Gasteiger partial charge in [-0.2, -0.15) is 4.31 Å². The zero-order valence-electron chi connectivity index (χ0n) is 10.4. The van der Waals surface area contributed by atoms with E-state index in [2.05, 4.69) is 0 Å². The van der Waals surface area contributed by atoms with Crippen LogP contribution in [0.1, 0.15) is 30.8 Å². The van der Waals surface area contributed by atoms with Crippen LogP contribution >= 0.6 is 0 Å². The molecule has 0 spiro atoms. The Bertz CT molecular complexity index is 564. The summed E-state index contributed by atoms with van der Waals surface area (Å²) in [4.78, 5) is 0.288. The van der Waals surface area contributed by atoms with E-state index in [1.165, 1.54) is 0 Å². The first-order chi connectivity index (χ1) is 8.52. The molecule has 1 aromatic heterocycles. The van der Waals surface area contributed by atoms with Crippen molar-refractivity contribution in [2.75, 3.05) is 6.54 Å². The van der Waals surface area contributed by atoms with E-state index < -0.39 is 10.0 Å². The highest BCUT2D eigenvalue weighted by Crippen LogP contribution is 2.41. The largest absolute Gasteiger partial charge is 0.464 e. The molecule has 2 aliphatic rings. The van der Waals surface area contributed by atoms with Gasteiger partial charge in [0, 0.05) is 18.7 Å². The van der Waals surface area contributed by atoms with Crippen molar-refractivity contribution in [2.24, 2.45) is 11.7 Å². The Balaban J connectivity index is 1.97. The van der Waals surface area contributed by atoms with E-state index >= 15 is 0 Å². The van der Waals surface area contributed by atoms with Gasteiger partial charge in [0.2, 0.25) is 10.0 Å². The van der Waals surface area contributed by atoms with Crippen molar-refractivity contribution in [3.63, 3.8) is 0 Å². The summed E-state index contributed by atoms with van der Waals surface area (Å²) >= 11 is 0. The molecule has 2 heterocycles. The van der Waals surface area contributed by atoms with Crippen molar-refractivity contribution in [1.29, 1.82) is 0 Å². The summed E-state index contributed by atoms with van der Waals surface area (Å²) in [6.07, 6.45) is 3.17. The third kappa shape index (κ3) is 1.71. The maximum absolute atomic E-state index is 12.6. The fraction of sp³-hybridized carbons (Fsp3) is 0.667.